The number of ether oxygens (including phenoxy) is 1. The minimum absolute atomic E-state index is 0.0401. The minimum Gasteiger partial charge on any atom is -0.377 e. The van der Waals surface area contributed by atoms with Crippen LogP contribution in [0.15, 0.2) is 23.8 Å². The summed E-state index contributed by atoms with van der Waals surface area (Å²) in [7, 11) is 5.77. The van der Waals surface area contributed by atoms with Crippen LogP contribution in [0.4, 0.5) is 0 Å². The van der Waals surface area contributed by atoms with Crippen molar-refractivity contribution in [1.29, 1.82) is 0 Å². The quantitative estimate of drug-likeness (QED) is 0.527. The Bertz CT molecular complexity index is 309. The molecule has 0 fully saturated rings. The van der Waals surface area contributed by atoms with Gasteiger partial charge in [-0.15, -0.1) is 0 Å². The van der Waals surface area contributed by atoms with E-state index in [4.69, 9.17) is 4.74 Å². The number of likely N-dealkylation sites (N-methyl/N-ethyl adjacent to an activating group) is 2. The van der Waals surface area contributed by atoms with Gasteiger partial charge < -0.3 is 14.5 Å². The largest absolute Gasteiger partial charge is 0.377 e. The number of carbonyl (C=O) groups excluding carboxylic acids is 1. The minimum atomic E-state index is 0.0401. The summed E-state index contributed by atoms with van der Waals surface area (Å²) in [5.74, 6) is 0.0401. The van der Waals surface area contributed by atoms with Crippen LogP contribution in [0.2, 0.25) is 0 Å². The maximum atomic E-state index is 11.8. The summed E-state index contributed by atoms with van der Waals surface area (Å²) in [4.78, 5) is 15.5. The molecule has 0 saturated carbocycles. The molecular formula is C13H22N2O2. The molecule has 0 radical (unpaired) electrons. The summed E-state index contributed by atoms with van der Waals surface area (Å²) in [6, 6.07) is 0. The van der Waals surface area contributed by atoms with Crippen molar-refractivity contribution in [2.45, 2.75) is 6.42 Å². The lowest BCUT2D eigenvalue weighted by Gasteiger charge is -2.20. The summed E-state index contributed by atoms with van der Waals surface area (Å²) in [5, 5.41) is 0. The molecule has 17 heavy (non-hydrogen) atoms. The SMILES string of the molecule is CN(C)C/C=C/C(=O)N(C)CC1=CCCOC1. The van der Waals surface area contributed by atoms with Crippen LogP contribution in [0.25, 0.3) is 0 Å². The highest BCUT2D eigenvalue weighted by atomic mass is 16.5. The highest BCUT2D eigenvalue weighted by molar-refractivity contribution is 5.87. The summed E-state index contributed by atoms with van der Waals surface area (Å²) in [5.41, 5.74) is 1.19. The summed E-state index contributed by atoms with van der Waals surface area (Å²) in [6.07, 6.45) is 6.62. The Morgan fingerprint density at radius 3 is 2.82 bits per heavy atom. The second-order valence-corrected chi connectivity index (χ2v) is 4.56. The third kappa shape index (κ3) is 5.65. The maximum Gasteiger partial charge on any atom is 0.246 e. The number of hydrogen-bond donors (Lipinski definition) is 0. The van der Waals surface area contributed by atoms with Crippen LogP contribution in [0, 0.1) is 0 Å². The molecule has 1 aliphatic heterocycles. The molecule has 0 aliphatic carbocycles. The van der Waals surface area contributed by atoms with Crippen molar-refractivity contribution in [3.63, 3.8) is 0 Å². The van der Waals surface area contributed by atoms with Crippen molar-refractivity contribution < 1.29 is 9.53 Å². The van der Waals surface area contributed by atoms with Crippen LogP contribution in [0.3, 0.4) is 0 Å². The lowest BCUT2D eigenvalue weighted by molar-refractivity contribution is -0.124. The molecule has 4 heteroatoms. The van der Waals surface area contributed by atoms with Gasteiger partial charge in [0.25, 0.3) is 0 Å². The molecule has 0 unspecified atom stereocenters. The second-order valence-electron chi connectivity index (χ2n) is 4.56. The predicted molar refractivity (Wildman–Crippen MR) is 68.9 cm³/mol. The van der Waals surface area contributed by atoms with Crippen LogP contribution < -0.4 is 0 Å². The Morgan fingerprint density at radius 2 is 2.24 bits per heavy atom. The normalized spacial score (nSPS) is 16.4. The van der Waals surface area contributed by atoms with Crippen LogP contribution >= 0.6 is 0 Å². The molecule has 96 valence electrons. The molecule has 1 heterocycles. The van der Waals surface area contributed by atoms with Crippen molar-refractivity contribution in [2.75, 3.05) is 47.4 Å². The van der Waals surface area contributed by atoms with Crippen LogP contribution in [0.5, 0.6) is 0 Å². The van der Waals surface area contributed by atoms with Crippen LogP contribution in [-0.2, 0) is 9.53 Å². The third-order valence-electron chi connectivity index (χ3n) is 2.53. The zero-order valence-electron chi connectivity index (χ0n) is 11.0. The molecule has 0 spiro atoms. The van der Waals surface area contributed by atoms with Crippen LogP contribution in [0.1, 0.15) is 6.42 Å². The van der Waals surface area contributed by atoms with E-state index in [1.807, 2.05) is 32.1 Å². The molecule has 1 aliphatic rings. The standard InChI is InChI=1S/C13H22N2O2/c1-14(2)8-4-7-13(16)15(3)10-12-6-5-9-17-11-12/h4,6-7H,5,8-11H2,1-3H3/b7-4+. The van der Waals surface area contributed by atoms with E-state index < -0.39 is 0 Å². The van der Waals surface area contributed by atoms with E-state index in [2.05, 4.69) is 6.08 Å². The fourth-order valence-electron chi connectivity index (χ4n) is 1.59. The maximum absolute atomic E-state index is 11.8. The zero-order chi connectivity index (χ0) is 12.7. The lowest BCUT2D eigenvalue weighted by Crippen LogP contribution is -2.29. The Balaban J connectivity index is 2.35. The van der Waals surface area contributed by atoms with E-state index in [-0.39, 0.29) is 5.91 Å². The topological polar surface area (TPSA) is 32.8 Å². The van der Waals surface area contributed by atoms with E-state index in [1.54, 1.807) is 11.0 Å². The summed E-state index contributed by atoms with van der Waals surface area (Å²) < 4.78 is 5.34. The summed E-state index contributed by atoms with van der Waals surface area (Å²) >= 11 is 0. The van der Waals surface area contributed by atoms with Gasteiger partial charge in [-0.25, -0.2) is 0 Å². The van der Waals surface area contributed by atoms with Crippen molar-refractivity contribution >= 4 is 5.91 Å². The zero-order valence-corrected chi connectivity index (χ0v) is 11.0. The van der Waals surface area contributed by atoms with Gasteiger partial charge in [0, 0.05) is 26.2 Å². The highest BCUT2D eigenvalue weighted by Gasteiger charge is 2.09. The molecule has 0 N–H and O–H groups in total. The Hall–Kier alpha value is -1.13. The second kappa shape index (κ2) is 7.25. The Morgan fingerprint density at radius 1 is 1.47 bits per heavy atom. The first kappa shape index (κ1) is 13.9. The van der Waals surface area contributed by atoms with E-state index >= 15 is 0 Å². The number of amides is 1. The van der Waals surface area contributed by atoms with Gasteiger partial charge in [0.2, 0.25) is 5.91 Å². The molecule has 1 amide bonds. The lowest BCUT2D eigenvalue weighted by atomic mass is 10.2. The monoisotopic (exact) mass is 238 g/mol. The van der Waals surface area contributed by atoms with Gasteiger partial charge in [-0.2, -0.15) is 0 Å². The molecule has 1 rings (SSSR count). The molecular weight excluding hydrogens is 216 g/mol. The molecule has 0 aromatic rings. The van der Waals surface area contributed by atoms with E-state index in [1.165, 1.54) is 5.57 Å². The Kier molecular flexibility index (Phi) is 5.94. The number of rotatable bonds is 5. The summed E-state index contributed by atoms with van der Waals surface area (Å²) in [6.45, 7) is 2.89. The van der Waals surface area contributed by atoms with E-state index in [0.29, 0.717) is 13.2 Å². The van der Waals surface area contributed by atoms with E-state index in [9.17, 15) is 4.79 Å². The first-order valence-electron chi connectivity index (χ1n) is 5.91. The average molecular weight is 238 g/mol. The van der Waals surface area contributed by atoms with Crippen molar-refractivity contribution in [3.05, 3.63) is 23.8 Å². The number of nitrogens with zero attached hydrogens (tertiary/aromatic N) is 2. The molecule has 4 nitrogen and oxygen atoms in total. The predicted octanol–water partition coefficient (Wildman–Crippen LogP) is 0.909. The van der Waals surface area contributed by atoms with Gasteiger partial charge >= 0.3 is 0 Å². The first-order chi connectivity index (χ1) is 8.09. The Labute approximate surface area is 104 Å². The molecule has 0 saturated heterocycles. The van der Waals surface area contributed by atoms with Gasteiger partial charge in [0.15, 0.2) is 0 Å². The fourth-order valence-corrected chi connectivity index (χ4v) is 1.59. The van der Waals surface area contributed by atoms with Gasteiger partial charge in [-0.1, -0.05) is 12.2 Å². The highest BCUT2D eigenvalue weighted by Crippen LogP contribution is 2.07. The van der Waals surface area contributed by atoms with Gasteiger partial charge in [0.1, 0.15) is 0 Å². The first-order valence-corrected chi connectivity index (χ1v) is 5.91. The third-order valence-corrected chi connectivity index (χ3v) is 2.53. The molecule has 0 bridgehead atoms. The molecule has 0 atom stereocenters. The van der Waals surface area contributed by atoms with Crippen molar-refractivity contribution in [2.24, 2.45) is 0 Å². The molecule has 0 aromatic heterocycles. The smallest absolute Gasteiger partial charge is 0.246 e. The fraction of sp³-hybridized carbons (Fsp3) is 0.615. The van der Waals surface area contributed by atoms with Gasteiger partial charge in [-0.05, 0) is 26.1 Å². The van der Waals surface area contributed by atoms with Gasteiger partial charge in [-0.3, -0.25) is 4.79 Å². The van der Waals surface area contributed by atoms with E-state index in [0.717, 1.165) is 19.6 Å². The van der Waals surface area contributed by atoms with Gasteiger partial charge in [0.05, 0.1) is 13.2 Å². The average Bonchev–Trinajstić information content (AvgIpc) is 2.29. The molecule has 0 aromatic carbocycles. The number of carbonyl (C=O) groups is 1. The van der Waals surface area contributed by atoms with Crippen molar-refractivity contribution in [1.82, 2.24) is 9.80 Å². The van der Waals surface area contributed by atoms with Crippen LogP contribution in [-0.4, -0.2) is 63.2 Å². The van der Waals surface area contributed by atoms with Crippen molar-refractivity contribution in [3.8, 4) is 0 Å². The number of hydrogen-bond acceptors (Lipinski definition) is 3.